The quantitative estimate of drug-likeness (QED) is 0.287. The number of nitrogens with one attached hydrogen (secondary N) is 1. The summed E-state index contributed by atoms with van der Waals surface area (Å²) < 4.78 is 56.1. The van der Waals surface area contributed by atoms with Crippen molar-refractivity contribution >= 4 is 22.5 Å². The molecule has 3 N–H and O–H groups in total. The van der Waals surface area contributed by atoms with E-state index < -0.39 is 28.4 Å². The summed E-state index contributed by atoms with van der Waals surface area (Å²) in [5, 5.41) is 0. The summed E-state index contributed by atoms with van der Waals surface area (Å²) in [5.74, 6) is -3.42. The first-order valence-corrected chi connectivity index (χ1v) is 12.1. The highest BCUT2D eigenvalue weighted by Gasteiger charge is 2.13. The fraction of sp³-hybridized carbons (Fsp3) is 0.107. The minimum absolute atomic E-state index is 0. The molecule has 0 spiro atoms. The lowest BCUT2D eigenvalue weighted by atomic mass is 10.0. The maximum absolute atomic E-state index is 13.8. The molecule has 0 fully saturated rings. The van der Waals surface area contributed by atoms with Crippen LogP contribution < -0.4 is 4.72 Å². The van der Waals surface area contributed by atoms with Crippen molar-refractivity contribution in [1.29, 1.82) is 0 Å². The van der Waals surface area contributed by atoms with E-state index in [1.165, 1.54) is 0 Å². The van der Waals surface area contributed by atoms with E-state index in [2.05, 4.69) is 4.72 Å². The number of rotatable bonds is 9. The van der Waals surface area contributed by atoms with E-state index in [4.69, 9.17) is 0 Å². The number of carbonyl (C=O) groups excluding carboxylic acids is 1. The Morgan fingerprint density at radius 1 is 0.778 bits per heavy atom. The first kappa shape index (κ1) is 26.8. The van der Waals surface area contributed by atoms with Crippen LogP contribution in [-0.2, 0) is 28.6 Å². The van der Waals surface area contributed by atoms with Gasteiger partial charge in [0.05, 0.1) is 4.90 Å². The number of halogens is 3. The third-order valence-corrected chi connectivity index (χ3v) is 6.68. The van der Waals surface area contributed by atoms with Crippen molar-refractivity contribution < 1.29 is 27.7 Å². The fourth-order valence-electron chi connectivity index (χ4n) is 3.68. The second-order valence-corrected chi connectivity index (χ2v) is 9.18. The summed E-state index contributed by atoms with van der Waals surface area (Å²) in [5.41, 5.74) is 3.18. The largest absolute Gasteiger partial charge is 0.412 e. The monoisotopic (exact) mass is 511 g/mol. The number of carbonyl (C=O) groups is 1. The predicted octanol–water partition coefficient (Wildman–Crippen LogP) is 5.83. The van der Waals surface area contributed by atoms with E-state index >= 15 is 0 Å². The number of hydrogen-bond donors (Lipinski definition) is 1. The Hall–Kier alpha value is -3.75. The lowest BCUT2D eigenvalue weighted by Crippen LogP contribution is -2.07. The zero-order valence-corrected chi connectivity index (χ0v) is 20.0. The van der Waals surface area contributed by atoms with Crippen molar-refractivity contribution in [1.82, 2.24) is 0 Å². The van der Waals surface area contributed by atoms with E-state index in [-0.39, 0.29) is 36.1 Å². The van der Waals surface area contributed by atoms with Crippen molar-refractivity contribution in [2.45, 2.75) is 24.2 Å². The number of aryl methyl sites for hydroxylation is 1. The molecule has 0 heterocycles. The molecular weight excluding hydrogens is 487 g/mol. The van der Waals surface area contributed by atoms with Crippen molar-refractivity contribution in [2.24, 2.45) is 0 Å². The van der Waals surface area contributed by atoms with E-state index in [0.717, 1.165) is 22.8 Å². The topological polar surface area (TPSA) is 77.7 Å². The molecule has 0 saturated carbocycles. The predicted molar refractivity (Wildman–Crippen MR) is 135 cm³/mol. The van der Waals surface area contributed by atoms with Gasteiger partial charge in [0.1, 0.15) is 11.6 Å². The maximum atomic E-state index is 13.8. The molecule has 0 radical (unpaired) electrons. The Bertz CT molecular complexity index is 1360. The number of Topliss-reactive ketones (excluding diaryl/α,β-unsaturated/α-hetero) is 1. The number of anilines is 1. The summed E-state index contributed by atoms with van der Waals surface area (Å²) in [6, 6.07) is 25.4. The molecule has 0 bridgehead atoms. The van der Waals surface area contributed by atoms with Gasteiger partial charge in [-0.15, -0.1) is 0 Å². The molecule has 1 unspecified atom stereocenters. The van der Waals surface area contributed by atoms with Crippen LogP contribution in [0.5, 0.6) is 0 Å². The van der Waals surface area contributed by atoms with Crippen LogP contribution in [0, 0.1) is 17.5 Å². The summed E-state index contributed by atoms with van der Waals surface area (Å²) in [6.07, 6.45) is 0.106. The third-order valence-electron chi connectivity index (χ3n) is 5.50. The molecule has 0 aliphatic heterocycles. The zero-order chi connectivity index (χ0) is 24.8. The molecule has 1 atom stereocenters. The molecule has 0 aliphatic carbocycles. The number of benzene rings is 4. The fourth-order valence-corrected chi connectivity index (χ4v) is 4.73. The number of hydrogen-bond acceptors (Lipinski definition) is 2. The minimum Gasteiger partial charge on any atom is -0.412 e. The van der Waals surface area contributed by atoms with Gasteiger partial charge in [0.2, 0.25) is 0 Å². The van der Waals surface area contributed by atoms with Gasteiger partial charge in [0, 0.05) is 24.6 Å². The lowest BCUT2D eigenvalue weighted by Gasteiger charge is -2.11. The summed E-state index contributed by atoms with van der Waals surface area (Å²) in [6.45, 7) is 0. The van der Waals surface area contributed by atoms with Crippen LogP contribution in [0.3, 0.4) is 0 Å². The Kier molecular flexibility index (Phi) is 9.16. The van der Waals surface area contributed by atoms with E-state index in [0.29, 0.717) is 16.6 Å². The minimum atomic E-state index is -1.50. The molecule has 0 aliphatic rings. The van der Waals surface area contributed by atoms with Crippen molar-refractivity contribution in [3.05, 3.63) is 120 Å². The molecule has 8 heteroatoms. The van der Waals surface area contributed by atoms with Crippen molar-refractivity contribution in [2.75, 3.05) is 4.72 Å². The summed E-state index contributed by atoms with van der Waals surface area (Å²) in [7, 11) is -1.50. The third kappa shape index (κ3) is 6.68. The average Bonchev–Trinajstić information content (AvgIpc) is 2.87. The van der Waals surface area contributed by atoms with Crippen LogP contribution >= 0.6 is 0 Å². The molecule has 0 saturated heterocycles. The zero-order valence-electron chi connectivity index (χ0n) is 19.1. The van der Waals surface area contributed by atoms with Gasteiger partial charge in [-0.1, -0.05) is 60.7 Å². The molecule has 36 heavy (non-hydrogen) atoms. The highest BCUT2D eigenvalue weighted by Crippen LogP contribution is 2.27. The number of ketones is 1. The highest BCUT2D eigenvalue weighted by atomic mass is 32.2. The second kappa shape index (κ2) is 12.3. The van der Waals surface area contributed by atoms with E-state index in [1.54, 1.807) is 24.3 Å². The maximum Gasteiger partial charge on any atom is 0.161 e. The van der Waals surface area contributed by atoms with Crippen molar-refractivity contribution in [3.63, 3.8) is 0 Å². The van der Waals surface area contributed by atoms with E-state index in [1.807, 2.05) is 54.6 Å². The first-order valence-electron chi connectivity index (χ1n) is 11.0. The van der Waals surface area contributed by atoms with Crippen LogP contribution in [-0.4, -0.2) is 15.5 Å². The van der Waals surface area contributed by atoms with Gasteiger partial charge in [-0.25, -0.2) is 17.4 Å². The smallest absolute Gasteiger partial charge is 0.161 e. The van der Waals surface area contributed by atoms with Gasteiger partial charge in [0.15, 0.2) is 22.6 Å². The van der Waals surface area contributed by atoms with Gasteiger partial charge in [-0.3, -0.25) is 4.79 Å². The summed E-state index contributed by atoms with van der Waals surface area (Å²) in [4.78, 5) is 13.0. The standard InChI is InChI=1S/C28H22F3NO2S.H2O/c29-25-18-27(31)26(30)17-21(25)12-15-23(33)16-19-10-13-22(14-11-19)32-35(34)28-9-5-4-8-24(28)20-6-2-1-3-7-20;/h1-11,13-14,17-18,32H,12,15-16H2;1H2. The summed E-state index contributed by atoms with van der Waals surface area (Å²) >= 11 is 0. The van der Waals surface area contributed by atoms with Crippen LogP contribution in [0.1, 0.15) is 17.5 Å². The first-order chi connectivity index (χ1) is 16.9. The van der Waals surface area contributed by atoms with Gasteiger partial charge in [-0.2, -0.15) is 0 Å². The van der Waals surface area contributed by atoms with Gasteiger partial charge in [0.25, 0.3) is 0 Å². The van der Waals surface area contributed by atoms with Crippen LogP contribution in [0.2, 0.25) is 0 Å². The van der Waals surface area contributed by atoms with Crippen LogP contribution in [0.4, 0.5) is 18.9 Å². The molecular formula is C28H24F3NO3S. The van der Waals surface area contributed by atoms with Gasteiger partial charge in [-0.05, 0) is 52.9 Å². The Labute approximate surface area is 209 Å². The normalized spacial score (nSPS) is 11.4. The van der Waals surface area contributed by atoms with Crippen molar-refractivity contribution in [3.8, 4) is 11.1 Å². The highest BCUT2D eigenvalue weighted by molar-refractivity contribution is 7.86. The molecule has 4 rings (SSSR count). The molecule has 0 aromatic heterocycles. The van der Waals surface area contributed by atoms with Crippen LogP contribution in [0.15, 0.2) is 95.9 Å². The molecule has 4 aromatic rings. The molecule has 0 amide bonds. The lowest BCUT2D eigenvalue weighted by molar-refractivity contribution is -0.118. The average molecular weight is 512 g/mol. The Morgan fingerprint density at radius 3 is 2.14 bits per heavy atom. The second-order valence-electron chi connectivity index (χ2n) is 8.00. The van der Waals surface area contributed by atoms with Gasteiger partial charge < -0.3 is 10.2 Å². The molecule has 4 nitrogen and oxygen atoms in total. The van der Waals surface area contributed by atoms with Gasteiger partial charge >= 0.3 is 0 Å². The van der Waals surface area contributed by atoms with E-state index in [9.17, 15) is 22.2 Å². The SMILES string of the molecule is O.O=C(CCc1cc(F)c(F)cc1F)Cc1ccc(NS(=O)c2ccccc2-c2ccccc2)cc1. The Balaban J connectivity index is 0.00000361. The Morgan fingerprint density at radius 2 is 1.42 bits per heavy atom. The van der Waals surface area contributed by atoms with Crippen LogP contribution in [0.25, 0.3) is 11.1 Å². The molecule has 186 valence electrons. The molecule has 4 aromatic carbocycles.